The fourth-order valence-electron chi connectivity index (χ4n) is 2.20. The van der Waals surface area contributed by atoms with Gasteiger partial charge in [-0.25, -0.2) is 4.79 Å². The highest BCUT2D eigenvalue weighted by Gasteiger charge is 2.16. The van der Waals surface area contributed by atoms with Crippen LogP contribution in [0.15, 0.2) is 72.5 Å². The molecule has 1 aromatic carbocycles. The molecule has 0 spiro atoms. The van der Waals surface area contributed by atoms with Gasteiger partial charge in [-0.05, 0) is 44.5 Å². The van der Waals surface area contributed by atoms with Gasteiger partial charge in [-0.1, -0.05) is 36.9 Å². The zero-order valence-corrected chi connectivity index (χ0v) is 16.4. The number of esters is 1. The zero-order chi connectivity index (χ0) is 21.4. The number of nitriles is 1. The van der Waals surface area contributed by atoms with Crippen molar-refractivity contribution in [2.24, 2.45) is 0 Å². The number of aromatic nitrogens is 1. The van der Waals surface area contributed by atoms with E-state index in [0.29, 0.717) is 11.3 Å². The van der Waals surface area contributed by atoms with Crippen LogP contribution >= 0.6 is 0 Å². The molecule has 0 aliphatic rings. The molecule has 0 amide bonds. The number of hydrogen-bond donors (Lipinski definition) is 0. The average Bonchev–Trinajstić information content (AvgIpc) is 2.72. The number of rotatable bonds is 7. The van der Waals surface area contributed by atoms with Crippen molar-refractivity contribution in [1.29, 1.82) is 5.26 Å². The summed E-state index contributed by atoms with van der Waals surface area (Å²) in [5.41, 5.74) is 1.41. The van der Waals surface area contributed by atoms with Gasteiger partial charge in [0.2, 0.25) is 11.8 Å². The fraction of sp³-hybridized carbons (Fsp3) is 0.130. The van der Waals surface area contributed by atoms with Crippen LogP contribution in [0.5, 0.6) is 11.8 Å². The maximum absolute atomic E-state index is 12.5. The van der Waals surface area contributed by atoms with Crippen molar-refractivity contribution < 1.29 is 19.1 Å². The largest absolute Gasteiger partial charge is 0.439 e. The van der Waals surface area contributed by atoms with Crippen molar-refractivity contribution in [3.8, 4) is 17.8 Å². The topological polar surface area (TPSA) is 89.3 Å². The number of allylic oxidation sites excluding steroid dienone is 4. The van der Waals surface area contributed by atoms with Gasteiger partial charge >= 0.3 is 5.97 Å². The Kier molecular flexibility index (Phi) is 7.21. The quantitative estimate of drug-likeness (QED) is 0.293. The minimum Gasteiger partial charge on any atom is -0.439 e. The van der Waals surface area contributed by atoms with Crippen molar-refractivity contribution in [2.75, 3.05) is 0 Å². The summed E-state index contributed by atoms with van der Waals surface area (Å²) in [6, 6.07) is 11.0. The smallest absolute Gasteiger partial charge is 0.344 e. The second-order valence-corrected chi connectivity index (χ2v) is 6.04. The number of nitrogens with zero attached hydrogens (tertiary/aromatic N) is 2. The molecule has 1 aromatic heterocycles. The van der Waals surface area contributed by atoms with E-state index in [4.69, 9.17) is 9.47 Å². The molecule has 2 aromatic rings. The van der Waals surface area contributed by atoms with Crippen LogP contribution in [0.2, 0.25) is 0 Å². The van der Waals surface area contributed by atoms with Crippen LogP contribution in [-0.4, -0.2) is 16.7 Å². The summed E-state index contributed by atoms with van der Waals surface area (Å²) in [4.78, 5) is 28.1. The van der Waals surface area contributed by atoms with Crippen LogP contribution in [0, 0.1) is 11.3 Å². The Hall–Kier alpha value is -3.98. The van der Waals surface area contributed by atoms with E-state index < -0.39 is 5.97 Å². The minimum absolute atomic E-state index is 0.0696. The van der Waals surface area contributed by atoms with E-state index in [0.717, 1.165) is 5.57 Å². The average molecular weight is 388 g/mol. The second-order valence-electron chi connectivity index (χ2n) is 6.04. The molecular formula is C23H20N2O4. The minimum atomic E-state index is -0.739. The molecule has 0 saturated heterocycles. The third-order valence-corrected chi connectivity index (χ3v) is 3.86. The van der Waals surface area contributed by atoms with Crippen LogP contribution in [0.3, 0.4) is 0 Å². The third-order valence-electron chi connectivity index (χ3n) is 3.86. The summed E-state index contributed by atoms with van der Waals surface area (Å²) in [5, 5.41) is 9.28. The van der Waals surface area contributed by atoms with Gasteiger partial charge in [-0.3, -0.25) is 4.79 Å². The first-order valence-electron chi connectivity index (χ1n) is 8.76. The molecule has 1 heterocycles. The van der Waals surface area contributed by atoms with Gasteiger partial charge < -0.3 is 9.47 Å². The predicted octanol–water partition coefficient (Wildman–Crippen LogP) is 4.79. The van der Waals surface area contributed by atoms with Crippen molar-refractivity contribution in [3.63, 3.8) is 0 Å². The van der Waals surface area contributed by atoms with Gasteiger partial charge in [0, 0.05) is 11.6 Å². The lowest BCUT2D eigenvalue weighted by Gasteiger charge is -2.10. The van der Waals surface area contributed by atoms with E-state index >= 15 is 0 Å². The highest BCUT2D eigenvalue weighted by Crippen LogP contribution is 2.23. The molecule has 0 radical (unpaired) electrons. The van der Waals surface area contributed by atoms with E-state index in [-0.39, 0.29) is 28.7 Å². The molecule has 0 fully saturated rings. The normalized spacial score (nSPS) is 11.0. The van der Waals surface area contributed by atoms with Crippen LogP contribution in [0.25, 0.3) is 0 Å². The Labute approximate surface area is 169 Å². The first-order chi connectivity index (χ1) is 13.8. The van der Waals surface area contributed by atoms with Crippen molar-refractivity contribution in [3.05, 3.63) is 89.2 Å². The van der Waals surface area contributed by atoms with E-state index in [2.05, 4.69) is 11.6 Å². The van der Waals surface area contributed by atoms with Gasteiger partial charge in [0.1, 0.15) is 17.4 Å². The third kappa shape index (κ3) is 5.75. The Bertz CT molecular complexity index is 1060. The lowest BCUT2D eigenvalue weighted by Crippen LogP contribution is -2.12. The summed E-state index contributed by atoms with van der Waals surface area (Å²) in [6.45, 7) is 8.96. The van der Waals surface area contributed by atoms with Crippen molar-refractivity contribution in [2.45, 2.75) is 20.8 Å². The zero-order valence-electron chi connectivity index (χ0n) is 16.4. The Balaban J connectivity index is 2.26. The number of pyridine rings is 1. The monoisotopic (exact) mass is 388 g/mol. The number of carbonyl (C=O) groups excluding carboxylic acids is 2. The molecule has 6 nitrogen and oxygen atoms in total. The first kappa shape index (κ1) is 21.3. The van der Waals surface area contributed by atoms with Gasteiger partial charge in [0.15, 0.2) is 5.78 Å². The molecular weight excluding hydrogens is 368 g/mol. The molecule has 0 N–H and O–H groups in total. The Morgan fingerprint density at radius 2 is 1.86 bits per heavy atom. The van der Waals surface area contributed by atoms with Crippen LogP contribution in [0.4, 0.5) is 0 Å². The molecule has 0 saturated carbocycles. The highest BCUT2D eigenvalue weighted by molar-refractivity contribution is 5.98. The highest BCUT2D eigenvalue weighted by atomic mass is 16.5. The molecule has 0 aliphatic heterocycles. The molecule has 0 atom stereocenters. The van der Waals surface area contributed by atoms with Crippen LogP contribution in [0.1, 0.15) is 47.1 Å². The van der Waals surface area contributed by atoms with Crippen molar-refractivity contribution >= 4 is 11.8 Å². The molecule has 2 rings (SSSR count). The standard InChI is InChI=1S/C23H20N2O4/c1-5-6-8-15(2)17(4)28-21-12-11-20(14-24)22(25-21)29-23(27)19-10-7-9-18(13-19)16(3)26/h5-13H,4H2,1-3H3/b6-5-,15-8+. The molecule has 0 unspecified atom stereocenters. The maximum atomic E-state index is 12.5. The van der Waals surface area contributed by atoms with E-state index in [9.17, 15) is 14.9 Å². The summed E-state index contributed by atoms with van der Waals surface area (Å²) in [5.74, 6) is -0.608. The predicted molar refractivity (Wildman–Crippen MR) is 109 cm³/mol. The Morgan fingerprint density at radius 1 is 1.14 bits per heavy atom. The first-order valence-corrected chi connectivity index (χ1v) is 8.76. The summed E-state index contributed by atoms with van der Waals surface area (Å²) < 4.78 is 10.9. The van der Waals surface area contributed by atoms with Gasteiger partial charge in [0.25, 0.3) is 0 Å². The molecule has 146 valence electrons. The molecule has 0 bridgehead atoms. The SMILES string of the molecule is C=C(Oc1ccc(C#N)c(OC(=O)c2cccc(C(C)=O)c2)n1)/C(C)=C/C=C\C. The summed E-state index contributed by atoms with van der Waals surface area (Å²) >= 11 is 0. The van der Waals surface area contributed by atoms with Crippen LogP contribution in [-0.2, 0) is 0 Å². The Morgan fingerprint density at radius 3 is 2.52 bits per heavy atom. The number of hydrogen-bond acceptors (Lipinski definition) is 6. The number of benzene rings is 1. The maximum Gasteiger partial charge on any atom is 0.344 e. The number of ketones is 1. The molecule has 29 heavy (non-hydrogen) atoms. The number of Topliss-reactive ketones (excluding diaryl/α,β-unsaturated/α-hetero) is 1. The molecule has 6 heteroatoms. The van der Waals surface area contributed by atoms with Crippen molar-refractivity contribution in [1.82, 2.24) is 4.98 Å². The van der Waals surface area contributed by atoms with Crippen LogP contribution < -0.4 is 9.47 Å². The lowest BCUT2D eigenvalue weighted by atomic mass is 10.1. The number of ether oxygens (including phenoxy) is 2. The second kappa shape index (κ2) is 9.81. The summed E-state index contributed by atoms with van der Waals surface area (Å²) in [6.07, 6.45) is 5.54. The van der Waals surface area contributed by atoms with Gasteiger partial charge in [-0.2, -0.15) is 10.2 Å². The van der Waals surface area contributed by atoms with Gasteiger partial charge in [0.05, 0.1) is 5.56 Å². The number of carbonyl (C=O) groups is 2. The van der Waals surface area contributed by atoms with E-state index in [1.54, 1.807) is 12.1 Å². The lowest BCUT2D eigenvalue weighted by molar-refractivity contribution is 0.0726. The molecule has 0 aliphatic carbocycles. The summed E-state index contributed by atoms with van der Waals surface area (Å²) in [7, 11) is 0. The van der Waals surface area contributed by atoms with E-state index in [1.807, 2.05) is 38.1 Å². The van der Waals surface area contributed by atoms with Gasteiger partial charge in [-0.15, -0.1) is 0 Å². The fourth-order valence-corrected chi connectivity index (χ4v) is 2.20. The van der Waals surface area contributed by atoms with E-state index in [1.165, 1.54) is 31.2 Å².